The van der Waals surface area contributed by atoms with Crippen molar-refractivity contribution in [2.75, 3.05) is 27.2 Å². The third-order valence-electron chi connectivity index (χ3n) is 2.46. The molecule has 0 radical (unpaired) electrons. The van der Waals surface area contributed by atoms with Crippen molar-refractivity contribution in [1.82, 2.24) is 15.5 Å². The minimum absolute atomic E-state index is 0.103. The molecule has 0 unspecified atom stereocenters. The molecule has 0 aromatic heterocycles. The molecule has 20 heavy (non-hydrogen) atoms. The van der Waals surface area contributed by atoms with Gasteiger partial charge in [-0.2, -0.15) is 0 Å². The summed E-state index contributed by atoms with van der Waals surface area (Å²) in [5, 5.41) is 5.15. The van der Waals surface area contributed by atoms with Gasteiger partial charge in [0.1, 0.15) is 0 Å². The average molecular weight is 298 g/mol. The van der Waals surface area contributed by atoms with Gasteiger partial charge in [-0.15, -0.1) is 0 Å². The molecule has 1 aromatic carbocycles. The summed E-state index contributed by atoms with van der Waals surface area (Å²) < 4.78 is 0. The van der Waals surface area contributed by atoms with Crippen molar-refractivity contribution < 1.29 is 14.4 Å². The van der Waals surface area contributed by atoms with Crippen molar-refractivity contribution in [2.45, 2.75) is 0 Å². The Hall–Kier alpha value is -2.08. The highest BCUT2D eigenvalue weighted by atomic mass is 35.5. The maximum Gasteiger partial charge on any atom is 0.253 e. The van der Waals surface area contributed by atoms with Crippen LogP contribution in [0.1, 0.15) is 10.4 Å². The van der Waals surface area contributed by atoms with Crippen LogP contribution in [0.15, 0.2) is 24.3 Å². The molecule has 0 aliphatic carbocycles. The van der Waals surface area contributed by atoms with Crippen LogP contribution in [0.3, 0.4) is 0 Å². The molecule has 0 fully saturated rings. The summed E-state index contributed by atoms with van der Waals surface area (Å²) in [6.07, 6.45) is 0. The van der Waals surface area contributed by atoms with Gasteiger partial charge in [-0.3, -0.25) is 14.4 Å². The number of nitrogens with one attached hydrogen (secondary N) is 2. The van der Waals surface area contributed by atoms with Crippen LogP contribution in [0.5, 0.6) is 0 Å². The van der Waals surface area contributed by atoms with Crippen molar-refractivity contribution >= 4 is 29.3 Å². The van der Waals surface area contributed by atoms with Crippen molar-refractivity contribution in [3.63, 3.8) is 0 Å². The van der Waals surface area contributed by atoms with E-state index in [0.717, 1.165) is 0 Å². The van der Waals surface area contributed by atoms with Crippen LogP contribution in [-0.4, -0.2) is 49.8 Å². The number of hydrogen-bond acceptors (Lipinski definition) is 3. The number of benzene rings is 1. The Morgan fingerprint density at radius 1 is 1.10 bits per heavy atom. The number of likely N-dealkylation sites (N-methyl/N-ethyl adjacent to an activating group) is 1. The second kappa shape index (κ2) is 7.49. The van der Waals surface area contributed by atoms with E-state index in [1.165, 1.54) is 4.90 Å². The molecule has 7 heteroatoms. The maximum absolute atomic E-state index is 11.8. The predicted octanol–water partition coefficient (Wildman–Crippen LogP) is 0.274. The number of carbonyl (C=O) groups is 3. The standard InChI is InChI=1S/C13H16ClN3O3/c1-17(2)12(19)8-15-11(18)7-16-13(20)9-5-3-4-6-10(9)14/h3-6H,7-8H2,1-2H3,(H,15,18)(H,16,20). The van der Waals surface area contributed by atoms with Crippen molar-refractivity contribution in [3.05, 3.63) is 34.9 Å². The Balaban J connectivity index is 2.40. The zero-order valence-electron chi connectivity index (χ0n) is 11.3. The molecule has 0 bridgehead atoms. The van der Waals surface area contributed by atoms with Gasteiger partial charge in [0.25, 0.3) is 5.91 Å². The predicted molar refractivity (Wildman–Crippen MR) is 75.5 cm³/mol. The van der Waals surface area contributed by atoms with Gasteiger partial charge in [-0.05, 0) is 12.1 Å². The van der Waals surface area contributed by atoms with Crippen molar-refractivity contribution in [1.29, 1.82) is 0 Å². The van der Waals surface area contributed by atoms with Crippen molar-refractivity contribution in [2.24, 2.45) is 0 Å². The topological polar surface area (TPSA) is 78.5 Å². The van der Waals surface area contributed by atoms with E-state index >= 15 is 0 Å². The number of amides is 3. The smallest absolute Gasteiger partial charge is 0.253 e. The van der Waals surface area contributed by atoms with E-state index in [-0.39, 0.29) is 19.0 Å². The highest BCUT2D eigenvalue weighted by molar-refractivity contribution is 6.33. The highest BCUT2D eigenvalue weighted by Crippen LogP contribution is 2.14. The lowest BCUT2D eigenvalue weighted by Crippen LogP contribution is -2.41. The van der Waals surface area contributed by atoms with Gasteiger partial charge in [0.15, 0.2) is 0 Å². The molecule has 0 heterocycles. The molecule has 1 aromatic rings. The van der Waals surface area contributed by atoms with E-state index < -0.39 is 11.8 Å². The van der Waals surface area contributed by atoms with Crippen LogP contribution in [0, 0.1) is 0 Å². The summed E-state index contributed by atoms with van der Waals surface area (Å²) in [4.78, 5) is 35.8. The molecule has 2 N–H and O–H groups in total. The Morgan fingerprint density at radius 3 is 2.35 bits per heavy atom. The molecule has 0 atom stereocenters. The number of carbonyl (C=O) groups excluding carboxylic acids is 3. The summed E-state index contributed by atoms with van der Waals surface area (Å²) >= 11 is 5.86. The van der Waals surface area contributed by atoms with Crippen LogP contribution < -0.4 is 10.6 Å². The fourth-order valence-electron chi connectivity index (χ4n) is 1.30. The van der Waals surface area contributed by atoms with E-state index in [1.807, 2.05) is 0 Å². The normalized spacial score (nSPS) is 9.75. The fraction of sp³-hybridized carbons (Fsp3) is 0.308. The second-order valence-electron chi connectivity index (χ2n) is 4.23. The summed E-state index contributed by atoms with van der Waals surface area (Å²) in [6.45, 7) is -0.321. The van der Waals surface area contributed by atoms with Gasteiger partial charge in [0, 0.05) is 14.1 Å². The first-order chi connectivity index (χ1) is 9.41. The first kappa shape index (κ1) is 16.0. The fourth-order valence-corrected chi connectivity index (χ4v) is 1.52. The second-order valence-corrected chi connectivity index (χ2v) is 4.63. The molecule has 3 amide bonds. The molecular formula is C13H16ClN3O3. The van der Waals surface area contributed by atoms with E-state index in [4.69, 9.17) is 11.6 Å². The van der Waals surface area contributed by atoms with Crippen LogP contribution in [0.4, 0.5) is 0 Å². The van der Waals surface area contributed by atoms with Crippen LogP contribution >= 0.6 is 11.6 Å². The molecule has 0 spiro atoms. The number of hydrogen-bond donors (Lipinski definition) is 2. The molecule has 0 saturated heterocycles. The maximum atomic E-state index is 11.8. The van der Waals surface area contributed by atoms with Crippen LogP contribution in [0.25, 0.3) is 0 Å². The van der Waals surface area contributed by atoms with E-state index in [2.05, 4.69) is 10.6 Å². The zero-order chi connectivity index (χ0) is 15.1. The van der Waals surface area contributed by atoms with Gasteiger partial charge in [0.2, 0.25) is 11.8 Å². The van der Waals surface area contributed by atoms with Gasteiger partial charge < -0.3 is 15.5 Å². The Bertz CT molecular complexity index is 517. The highest BCUT2D eigenvalue weighted by Gasteiger charge is 2.11. The molecule has 0 aliphatic heterocycles. The van der Waals surface area contributed by atoms with Gasteiger partial charge in [-0.1, -0.05) is 23.7 Å². The van der Waals surface area contributed by atoms with Crippen LogP contribution in [-0.2, 0) is 9.59 Å². The summed E-state index contributed by atoms with van der Waals surface area (Å²) in [6, 6.07) is 6.53. The molecule has 1 rings (SSSR count). The molecular weight excluding hydrogens is 282 g/mol. The zero-order valence-corrected chi connectivity index (χ0v) is 12.0. The lowest BCUT2D eigenvalue weighted by molar-refractivity contribution is -0.130. The van der Waals surface area contributed by atoms with Crippen LogP contribution in [0.2, 0.25) is 5.02 Å². The molecule has 0 aliphatic rings. The first-order valence-electron chi connectivity index (χ1n) is 5.91. The Morgan fingerprint density at radius 2 is 1.75 bits per heavy atom. The largest absolute Gasteiger partial charge is 0.347 e. The molecule has 108 valence electrons. The van der Waals surface area contributed by atoms with Gasteiger partial charge in [0.05, 0.1) is 23.7 Å². The number of halogens is 1. The Kier molecular flexibility index (Phi) is 5.99. The number of nitrogens with zero attached hydrogens (tertiary/aromatic N) is 1. The minimum atomic E-state index is -0.444. The first-order valence-corrected chi connectivity index (χ1v) is 6.29. The SMILES string of the molecule is CN(C)C(=O)CNC(=O)CNC(=O)c1ccccc1Cl. The summed E-state index contributed by atoms with van der Waals surface area (Å²) in [5.41, 5.74) is 0.298. The molecule has 6 nitrogen and oxygen atoms in total. The third kappa shape index (κ3) is 4.89. The lowest BCUT2D eigenvalue weighted by atomic mass is 10.2. The van der Waals surface area contributed by atoms with E-state index in [1.54, 1.807) is 38.4 Å². The molecule has 0 saturated carbocycles. The number of rotatable bonds is 5. The average Bonchev–Trinajstić information content (AvgIpc) is 2.42. The monoisotopic (exact) mass is 297 g/mol. The summed E-state index contributed by atoms with van der Waals surface area (Å²) in [7, 11) is 3.18. The quantitative estimate of drug-likeness (QED) is 0.819. The van der Waals surface area contributed by atoms with Gasteiger partial charge >= 0.3 is 0 Å². The van der Waals surface area contributed by atoms with E-state index in [9.17, 15) is 14.4 Å². The summed E-state index contributed by atoms with van der Waals surface area (Å²) in [5.74, 6) is -1.11. The third-order valence-corrected chi connectivity index (χ3v) is 2.79. The van der Waals surface area contributed by atoms with Crippen molar-refractivity contribution in [3.8, 4) is 0 Å². The van der Waals surface area contributed by atoms with Gasteiger partial charge in [-0.25, -0.2) is 0 Å². The Labute approximate surface area is 122 Å². The minimum Gasteiger partial charge on any atom is -0.347 e. The van der Waals surface area contributed by atoms with E-state index in [0.29, 0.717) is 10.6 Å². The lowest BCUT2D eigenvalue weighted by Gasteiger charge is -2.11.